The number of carbonyl (C=O) groups is 1. The Morgan fingerprint density at radius 1 is 1.24 bits per heavy atom. The van der Waals surface area contributed by atoms with Crippen molar-refractivity contribution < 1.29 is 18.0 Å². The number of nitrogens with one attached hydrogen (secondary N) is 1. The predicted molar refractivity (Wildman–Crippen MR) is 132 cm³/mol. The largest absolute Gasteiger partial charge is 0.435 e. The van der Waals surface area contributed by atoms with E-state index in [2.05, 4.69) is 20.3 Å². The predicted octanol–water partition coefficient (Wildman–Crippen LogP) is 3.31. The number of rotatable bonds is 5. The highest BCUT2D eigenvalue weighted by Gasteiger charge is 2.45. The topological polar surface area (TPSA) is 101 Å². The van der Waals surface area contributed by atoms with Gasteiger partial charge in [-0.25, -0.2) is 4.98 Å². The molecule has 4 heterocycles. The highest BCUT2D eigenvalue weighted by molar-refractivity contribution is 6.00. The van der Waals surface area contributed by atoms with Crippen LogP contribution in [0, 0.1) is 24.7 Å². The standard InChI is InChI=1S/C26H30F3N7O/c1-13-8-31-24(30)18-4-5-20(22(13)18)33-25(37)19-12-36(34-23(19)26(27,28)29)11-15-3-6-21(32-14(15)2)35-9-16-7-17(16)10-35/h3,6,12-13,16-17,20H,4-5,7-11H2,1-2H3,(H2,30,31)(H,33,37)/t13?,16?,17?,20-/m1/s1. The number of aryl methyl sites for hydroxylation is 1. The second-order valence-electron chi connectivity index (χ2n) is 10.8. The van der Waals surface area contributed by atoms with Gasteiger partial charge in [-0.3, -0.25) is 14.5 Å². The first-order chi connectivity index (χ1) is 17.6. The van der Waals surface area contributed by atoms with Crippen LogP contribution in [0.5, 0.6) is 0 Å². The van der Waals surface area contributed by atoms with E-state index in [9.17, 15) is 18.0 Å². The minimum absolute atomic E-state index is 0.0738. The number of aromatic nitrogens is 3. The van der Waals surface area contributed by atoms with E-state index in [0.717, 1.165) is 53.1 Å². The number of dihydropyridines is 1. The van der Waals surface area contributed by atoms with Gasteiger partial charge in [-0.2, -0.15) is 18.3 Å². The summed E-state index contributed by atoms with van der Waals surface area (Å²) in [5.41, 5.74) is 7.73. The lowest BCUT2D eigenvalue weighted by molar-refractivity contribution is -0.141. The summed E-state index contributed by atoms with van der Waals surface area (Å²) in [6.45, 7) is 6.46. The molecule has 0 aromatic carbocycles. The highest BCUT2D eigenvalue weighted by atomic mass is 19.4. The van der Waals surface area contributed by atoms with Gasteiger partial charge in [0.05, 0.1) is 18.2 Å². The fraction of sp³-hybridized carbons (Fsp3) is 0.538. The molecule has 0 radical (unpaired) electrons. The van der Waals surface area contributed by atoms with E-state index in [0.29, 0.717) is 25.2 Å². The second-order valence-corrected chi connectivity index (χ2v) is 10.8. The summed E-state index contributed by atoms with van der Waals surface area (Å²) in [6, 6.07) is 3.44. The maximum Gasteiger partial charge on any atom is 0.435 e. The Bertz CT molecular complexity index is 1320. The van der Waals surface area contributed by atoms with E-state index in [1.807, 2.05) is 26.0 Å². The van der Waals surface area contributed by atoms with E-state index in [1.54, 1.807) is 0 Å². The van der Waals surface area contributed by atoms with Crippen LogP contribution in [0.4, 0.5) is 19.0 Å². The van der Waals surface area contributed by atoms with Crippen molar-refractivity contribution in [2.75, 3.05) is 24.5 Å². The van der Waals surface area contributed by atoms with Crippen molar-refractivity contribution in [1.29, 1.82) is 0 Å². The summed E-state index contributed by atoms with van der Waals surface area (Å²) < 4.78 is 42.8. The summed E-state index contributed by atoms with van der Waals surface area (Å²) >= 11 is 0. The average Bonchev–Trinajstić information content (AvgIpc) is 3.22. The summed E-state index contributed by atoms with van der Waals surface area (Å²) in [4.78, 5) is 24.4. The monoisotopic (exact) mass is 513 g/mol. The smallest absolute Gasteiger partial charge is 0.384 e. The number of amides is 1. The van der Waals surface area contributed by atoms with Crippen molar-refractivity contribution in [3.63, 3.8) is 0 Å². The van der Waals surface area contributed by atoms with Gasteiger partial charge in [-0.05, 0) is 66.7 Å². The quantitative estimate of drug-likeness (QED) is 0.639. The van der Waals surface area contributed by atoms with Gasteiger partial charge >= 0.3 is 6.18 Å². The first-order valence-corrected chi connectivity index (χ1v) is 12.8. The lowest BCUT2D eigenvalue weighted by Crippen LogP contribution is -2.38. The Hall–Kier alpha value is -3.37. The van der Waals surface area contributed by atoms with E-state index in [4.69, 9.17) is 10.7 Å². The molecule has 196 valence electrons. The fourth-order valence-electron chi connectivity index (χ4n) is 6.09. The number of aliphatic imine (C=N–C) groups is 1. The van der Waals surface area contributed by atoms with Crippen molar-refractivity contribution in [3.05, 3.63) is 52.0 Å². The summed E-state index contributed by atoms with van der Waals surface area (Å²) in [5, 5.41) is 6.59. The third kappa shape index (κ3) is 4.38. The number of carbonyl (C=O) groups excluding carboxylic acids is 1. The van der Waals surface area contributed by atoms with E-state index in [-0.39, 0.29) is 18.5 Å². The first kappa shape index (κ1) is 24.0. The van der Waals surface area contributed by atoms with Gasteiger partial charge in [0.25, 0.3) is 5.91 Å². The van der Waals surface area contributed by atoms with Gasteiger partial charge < -0.3 is 16.0 Å². The molecule has 8 nitrogen and oxygen atoms in total. The average molecular weight is 514 g/mol. The zero-order chi connectivity index (χ0) is 26.1. The van der Waals surface area contributed by atoms with Gasteiger partial charge in [0.1, 0.15) is 11.7 Å². The Morgan fingerprint density at radius 3 is 2.70 bits per heavy atom. The van der Waals surface area contributed by atoms with Crippen molar-refractivity contribution in [3.8, 4) is 0 Å². The molecule has 2 aromatic heterocycles. The molecular weight excluding hydrogens is 483 g/mol. The number of alkyl halides is 3. The molecule has 1 saturated heterocycles. The molecular formula is C26H30F3N7O. The molecule has 0 bridgehead atoms. The molecule has 3 unspecified atom stereocenters. The van der Waals surface area contributed by atoms with Crippen molar-refractivity contribution in [1.82, 2.24) is 20.1 Å². The number of nitrogens with zero attached hydrogens (tertiary/aromatic N) is 5. The molecule has 4 aliphatic rings. The van der Waals surface area contributed by atoms with Gasteiger partial charge in [0.2, 0.25) is 0 Å². The van der Waals surface area contributed by atoms with Crippen LogP contribution >= 0.6 is 0 Å². The Labute approximate surface area is 212 Å². The van der Waals surface area contributed by atoms with Crippen LogP contribution in [0.25, 0.3) is 0 Å². The number of piperidine rings is 1. The maximum atomic E-state index is 13.9. The number of anilines is 1. The number of pyridine rings is 1. The number of fused-ring (bicyclic) bond motifs is 1. The van der Waals surface area contributed by atoms with Gasteiger partial charge in [0, 0.05) is 31.5 Å². The van der Waals surface area contributed by atoms with Crippen LogP contribution in [0.3, 0.4) is 0 Å². The highest BCUT2D eigenvalue weighted by Crippen LogP contribution is 2.46. The molecule has 3 N–H and O–H groups in total. The maximum absolute atomic E-state index is 13.9. The number of amidine groups is 1. The van der Waals surface area contributed by atoms with Crippen molar-refractivity contribution in [2.45, 2.75) is 51.9 Å². The fourth-order valence-corrected chi connectivity index (χ4v) is 6.09. The zero-order valence-corrected chi connectivity index (χ0v) is 20.8. The minimum atomic E-state index is -4.76. The molecule has 11 heteroatoms. The molecule has 2 aliphatic heterocycles. The van der Waals surface area contributed by atoms with Crippen molar-refractivity contribution in [2.24, 2.45) is 28.5 Å². The molecule has 4 atom stereocenters. The molecule has 6 rings (SSSR count). The third-order valence-corrected chi connectivity index (χ3v) is 8.18. The zero-order valence-electron chi connectivity index (χ0n) is 20.8. The molecule has 1 saturated carbocycles. The van der Waals surface area contributed by atoms with Crippen LogP contribution in [0.15, 0.2) is 34.5 Å². The Kier molecular flexibility index (Phi) is 5.57. The first-order valence-electron chi connectivity index (χ1n) is 12.8. The Morgan fingerprint density at radius 2 is 2.00 bits per heavy atom. The van der Waals surface area contributed by atoms with E-state index >= 15 is 0 Å². The molecule has 2 aromatic rings. The normalized spacial score (nSPS) is 26.7. The minimum Gasteiger partial charge on any atom is -0.384 e. The van der Waals surface area contributed by atoms with E-state index < -0.39 is 23.3 Å². The molecule has 0 spiro atoms. The molecule has 2 fully saturated rings. The van der Waals surface area contributed by atoms with Crippen LogP contribution in [0.1, 0.15) is 53.5 Å². The van der Waals surface area contributed by atoms with Crippen LogP contribution in [-0.2, 0) is 12.7 Å². The number of nitrogens with two attached hydrogens (primary N) is 1. The molecule has 1 amide bonds. The SMILES string of the molecule is Cc1nc(N2CC3CC3C2)ccc1Cn1cc(C(=O)N[C@@H]2CCC3=C2C(C)CN=C3N)c(C(F)(F)F)n1. The molecule has 2 aliphatic carbocycles. The van der Waals surface area contributed by atoms with Gasteiger partial charge in [0.15, 0.2) is 5.69 Å². The lowest BCUT2D eigenvalue weighted by Gasteiger charge is -2.25. The number of hydrogen-bond acceptors (Lipinski definition) is 6. The Balaban J connectivity index is 1.22. The van der Waals surface area contributed by atoms with Crippen LogP contribution in [0.2, 0.25) is 0 Å². The van der Waals surface area contributed by atoms with Gasteiger partial charge in [-0.1, -0.05) is 13.0 Å². The molecule has 37 heavy (non-hydrogen) atoms. The summed E-state index contributed by atoms with van der Waals surface area (Å²) in [5.74, 6) is 2.20. The van der Waals surface area contributed by atoms with E-state index in [1.165, 1.54) is 17.3 Å². The third-order valence-electron chi connectivity index (χ3n) is 8.18. The summed E-state index contributed by atoms with van der Waals surface area (Å²) in [6.07, 6.45) is -1.05. The number of halogens is 3. The van der Waals surface area contributed by atoms with Crippen molar-refractivity contribution >= 4 is 17.6 Å². The number of hydrogen-bond donors (Lipinski definition) is 2. The van der Waals surface area contributed by atoms with Crippen LogP contribution < -0.4 is 16.0 Å². The lowest BCUT2D eigenvalue weighted by atomic mass is 9.92. The second kappa shape index (κ2) is 8.59. The van der Waals surface area contributed by atoms with Gasteiger partial charge in [-0.15, -0.1) is 0 Å². The van der Waals surface area contributed by atoms with Crippen LogP contribution in [-0.4, -0.2) is 52.2 Å². The summed E-state index contributed by atoms with van der Waals surface area (Å²) in [7, 11) is 0.